The summed E-state index contributed by atoms with van der Waals surface area (Å²) in [6, 6.07) is -0.295. The standard InChI is InChI=1S/C6H6F4N2/c7-4-2-1-3(12-4)5(11)6(8,9)10/h1-2,5,12H,11H2/t5-/m1/s1. The van der Waals surface area contributed by atoms with E-state index in [-0.39, 0.29) is 5.69 Å². The smallest absolute Gasteiger partial charge is 0.334 e. The summed E-state index contributed by atoms with van der Waals surface area (Å²) in [5.74, 6) is -0.829. The van der Waals surface area contributed by atoms with Gasteiger partial charge in [0.05, 0.1) is 0 Å². The Labute approximate surface area is 65.4 Å². The number of hydrogen-bond acceptors (Lipinski definition) is 1. The Morgan fingerprint density at radius 2 is 1.92 bits per heavy atom. The van der Waals surface area contributed by atoms with Crippen molar-refractivity contribution in [3.63, 3.8) is 0 Å². The van der Waals surface area contributed by atoms with Gasteiger partial charge in [-0.05, 0) is 12.1 Å². The molecule has 0 saturated carbocycles. The minimum atomic E-state index is -4.54. The van der Waals surface area contributed by atoms with Crippen molar-refractivity contribution < 1.29 is 17.6 Å². The average molecular weight is 182 g/mol. The van der Waals surface area contributed by atoms with Gasteiger partial charge in [0.25, 0.3) is 0 Å². The van der Waals surface area contributed by atoms with E-state index in [1.807, 2.05) is 4.98 Å². The molecule has 0 aliphatic rings. The highest BCUT2D eigenvalue weighted by molar-refractivity contribution is 5.11. The van der Waals surface area contributed by atoms with Crippen LogP contribution in [0.1, 0.15) is 11.7 Å². The third-order valence-corrected chi connectivity index (χ3v) is 1.36. The lowest BCUT2D eigenvalue weighted by Crippen LogP contribution is -2.28. The van der Waals surface area contributed by atoms with Crippen LogP contribution in [0.2, 0.25) is 0 Å². The minimum Gasteiger partial charge on any atom is -0.334 e. The van der Waals surface area contributed by atoms with Gasteiger partial charge < -0.3 is 10.7 Å². The lowest BCUT2D eigenvalue weighted by Gasteiger charge is -2.13. The fourth-order valence-corrected chi connectivity index (χ4v) is 0.742. The molecule has 6 heteroatoms. The van der Waals surface area contributed by atoms with Crippen LogP contribution < -0.4 is 5.73 Å². The van der Waals surface area contributed by atoms with Crippen molar-refractivity contribution in [1.82, 2.24) is 4.98 Å². The number of aromatic nitrogens is 1. The Morgan fingerprint density at radius 3 is 2.25 bits per heavy atom. The second-order valence-electron chi connectivity index (χ2n) is 2.28. The average Bonchev–Trinajstić information content (AvgIpc) is 2.32. The van der Waals surface area contributed by atoms with E-state index in [2.05, 4.69) is 0 Å². The largest absolute Gasteiger partial charge is 0.409 e. The number of rotatable bonds is 1. The zero-order valence-electron chi connectivity index (χ0n) is 5.82. The first-order valence-corrected chi connectivity index (χ1v) is 3.08. The van der Waals surface area contributed by atoms with Crippen LogP contribution in [0, 0.1) is 5.95 Å². The maximum atomic E-state index is 12.2. The van der Waals surface area contributed by atoms with Crippen molar-refractivity contribution in [3.05, 3.63) is 23.8 Å². The molecule has 0 fully saturated rings. The SMILES string of the molecule is N[C@H](c1ccc(F)[nH]1)C(F)(F)F. The van der Waals surface area contributed by atoms with Crippen LogP contribution in [0.5, 0.6) is 0 Å². The molecule has 1 aromatic rings. The van der Waals surface area contributed by atoms with Gasteiger partial charge in [0.2, 0.25) is 0 Å². The van der Waals surface area contributed by atoms with E-state index in [1.165, 1.54) is 0 Å². The number of halogens is 4. The minimum absolute atomic E-state index is 0.375. The number of hydrogen-bond donors (Lipinski definition) is 2. The maximum absolute atomic E-state index is 12.2. The monoisotopic (exact) mass is 182 g/mol. The molecule has 1 rings (SSSR count). The van der Waals surface area contributed by atoms with E-state index in [0.717, 1.165) is 12.1 Å². The summed E-state index contributed by atoms with van der Waals surface area (Å²) in [7, 11) is 0. The highest BCUT2D eigenvalue weighted by atomic mass is 19.4. The van der Waals surface area contributed by atoms with Crippen molar-refractivity contribution >= 4 is 0 Å². The van der Waals surface area contributed by atoms with Gasteiger partial charge in [-0.2, -0.15) is 17.6 Å². The van der Waals surface area contributed by atoms with Gasteiger partial charge in [-0.25, -0.2) is 0 Å². The molecule has 0 saturated heterocycles. The van der Waals surface area contributed by atoms with Gasteiger partial charge >= 0.3 is 6.18 Å². The van der Waals surface area contributed by atoms with Gasteiger partial charge in [0, 0.05) is 5.69 Å². The Morgan fingerprint density at radius 1 is 1.33 bits per heavy atom. The van der Waals surface area contributed by atoms with Crippen LogP contribution in [0.3, 0.4) is 0 Å². The summed E-state index contributed by atoms with van der Waals surface area (Å²) in [5.41, 5.74) is 4.39. The summed E-state index contributed by atoms with van der Waals surface area (Å²) in [6.07, 6.45) is -4.54. The molecule has 12 heavy (non-hydrogen) atoms. The van der Waals surface area contributed by atoms with Gasteiger partial charge in [-0.15, -0.1) is 0 Å². The molecule has 1 atom stereocenters. The zero-order chi connectivity index (χ0) is 9.35. The molecule has 1 heterocycles. The maximum Gasteiger partial charge on any atom is 0.409 e. The molecular formula is C6H6F4N2. The van der Waals surface area contributed by atoms with Crippen LogP contribution in [0.15, 0.2) is 12.1 Å². The van der Waals surface area contributed by atoms with Gasteiger partial charge in [0.1, 0.15) is 6.04 Å². The third kappa shape index (κ3) is 1.76. The molecule has 0 bridgehead atoms. The number of nitrogens with one attached hydrogen (secondary N) is 1. The molecule has 0 unspecified atom stereocenters. The van der Waals surface area contributed by atoms with E-state index in [4.69, 9.17) is 5.73 Å². The Hall–Kier alpha value is -1.04. The molecule has 1 aromatic heterocycles. The zero-order valence-corrected chi connectivity index (χ0v) is 5.82. The number of H-pyrrole nitrogens is 1. The highest BCUT2D eigenvalue weighted by Gasteiger charge is 2.38. The summed E-state index contributed by atoms with van der Waals surface area (Å²) < 4.78 is 47.8. The van der Waals surface area contributed by atoms with Gasteiger partial charge in [-0.1, -0.05) is 0 Å². The van der Waals surface area contributed by atoms with Crippen LogP contribution in [-0.4, -0.2) is 11.2 Å². The lowest BCUT2D eigenvalue weighted by molar-refractivity contribution is -0.149. The van der Waals surface area contributed by atoms with Gasteiger partial charge in [0.15, 0.2) is 5.95 Å². The molecule has 0 spiro atoms. The first-order valence-electron chi connectivity index (χ1n) is 3.08. The lowest BCUT2D eigenvalue weighted by atomic mass is 10.2. The molecule has 0 aliphatic heterocycles. The molecular weight excluding hydrogens is 176 g/mol. The topological polar surface area (TPSA) is 41.8 Å². The fraction of sp³-hybridized carbons (Fsp3) is 0.333. The van der Waals surface area contributed by atoms with E-state index in [9.17, 15) is 17.6 Å². The van der Waals surface area contributed by atoms with E-state index in [1.54, 1.807) is 0 Å². The molecule has 68 valence electrons. The Bertz CT molecular complexity index is 265. The Kier molecular flexibility index (Phi) is 2.10. The third-order valence-electron chi connectivity index (χ3n) is 1.36. The second kappa shape index (κ2) is 2.78. The van der Waals surface area contributed by atoms with Crippen molar-refractivity contribution in [2.75, 3.05) is 0 Å². The summed E-state index contributed by atoms with van der Waals surface area (Å²) in [6.45, 7) is 0. The van der Waals surface area contributed by atoms with Crippen LogP contribution in [-0.2, 0) is 0 Å². The Balaban J connectivity index is 2.85. The first kappa shape index (κ1) is 9.05. The van der Waals surface area contributed by atoms with Gasteiger partial charge in [-0.3, -0.25) is 0 Å². The van der Waals surface area contributed by atoms with Crippen LogP contribution >= 0.6 is 0 Å². The summed E-state index contributed by atoms with van der Waals surface area (Å²) >= 11 is 0. The van der Waals surface area contributed by atoms with E-state index in [0.29, 0.717) is 0 Å². The quantitative estimate of drug-likeness (QED) is 0.638. The molecule has 0 aliphatic carbocycles. The van der Waals surface area contributed by atoms with Crippen molar-refractivity contribution in [2.24, 2.45) is 5.73 Å². The van der Waals surface area contributed by atoms with E-state index < -0.39 is 18.2 Å². The molecule has 2 nitrogen and oxygen atoms in total. The van der Waals surface area contributed by atoms with E-state index >= 15 is 0 Å². The first-order chi connectivity index (χ1) is 5.41. The number of aromatic amines is 1. The van der Waals surface area contributed by atoms with Crippen LogP contribution in [0.4, 0.5) is 17.6 Å². The molecule has 0 aromatic carbocycles. The summed E-state index contributed by atoms with van der Waals surface area (Å²) in [4.78, 5) is 1.87. The molecule has 0 amide bonds. The normalized spacial score (nSPS) is 14.8. The highest BCUT2D eigenvalue weighted by Crippen LogP contribution is 2.29. The molecule has 0 radical (unpaired) electrons. The van der Waals surface area contributed by atoms with Crippen LogP contribution in [0.25, 0.3) is 0 Å². The molecule has 3 N–H and O–H groups in total. The van der Waals surface area contributed by atoms with Crippen molar-refractivity contribution in [1.29, 1.82) is 0 Å². The predicted octanol–water partition coefficient (Wildman–Crippen LogP) is 1.72. The predicted molar refractivity (Wildman–Crippen MR) is 33.7 cm³/mol. The fourth-order valence-electron chi connectivity index (χ4n) is 0.742. The second-order valence-corrected chi connectivity index (χ2v) is 2.28. The number of nitrogens with two attached hydrogens (primary N) is 1. The van der Waals surface area contributed by atoms with Crippen molar-refractivity contribution in [2.45, 2.75) is 12.2 Å². The van der Waals surface area contributed by atoms with Crippen molar-refractivity contribution in [3.8, 4) is 0 Å². The summed E-state index contributed by atoms with van der Waals surface area (Å²) in [5, 5.41) is 0. The number of alkyl halides is 3.